The molecule has 2 heterocycles. The first-order chi connectivity index (χ1) is 20.2. The number of nitrogens with one attached hydrogen (secondary N) is 2. The number of pyridine rings is 1. The van der Waals surface area contributed by atoms with Crippen molar-refractivity contribution in [3.05, 3.63) is 72.4 Å². The Kier molecular flexibility index (Phi) is 10.4. The molecule has 1 aliphatic rings. The van der Waals surface area contributed by atoms with Crippen LogP contribution in [0.2, 0.25) is 0 Å². The number of rotatable bonds is 10. The quantitative estimate of drug-likeness (QED) is 0.180. The normalized spacial score (nSPS) is 15.3. The van der Waals surface area contributed by atoms with E-state index in [-0.39, 0.29) is 12.3 Å². The van der Waals surface area contributed by atoms with Crippen molar-refractivity contribution in [3.63, 3.8) is 0 Å². The van der Waals surface area contributed by atoms with Crippen molar-refractivity contribution in [2.24, 2.45) is 0 Å². The minimum atomic E-state index is -4.33. The van der Waals surface area contributed by atoms with Gasteiger partial charge in [0.05, 0.1) is 25.6 Å². The Balaban J connectivity index is 1.64. The van der Waals surface area contributed by atoms with Crippen LogP contribution in [-0.4, -0.2) is 84.8 Å². The molecule has 0 saturated carbocycles. The fourth-order valence-corrected chi connectivity index (χ4v) is 5.53. The molecule has 12 nitrogen and oxygen atoms in total. The zero-order valence-corrected chi connectivity index (χ0v) is 24.2. The van der Waals surface area contributed by atoms with Crippen LogP contribution in [0, 0.1) is 0 Å². The Morgan fingerprint density at radius 3 is 2.36 bits per heavy atom. The van der Waals surface area contributed by atoms with E-state index in [0.29, 0.717) is 43.2 Å². The summed E-state index contributed by atoms with van der Waals surface area (Å²) in [5.41, 5.74) is 2.61. The molecule has 42 heavy (non-hydrogen) atoms. The predicted molar refractivity (Wildman–Crippen MR) is 155 cm³/mol. The average Bonchev–Trinajstić information content (AvgIpc) is 3.01. The standard InChI is InChI=1S/C29H33N4O8P/c1-3-40-42(37,38)19-26(28(35)41-29(36)33-15-13-30-14-16-33)32-27(34)25-18-22(20-9-11-23(39-2)12-10-20)17-24(31-25)21-7-5-4-6-8-21/h4-12,17-18,26,30H,3,13-16,19H2,1-2H3,(H,32,34)(H,37,38). The van der Waals surface area contributed by atoms with Gasteiger partial charge in [0.2, 0.25) is 0 Å². The Hall–Kier alpha value is -4.09. The first-order valence-corrected chi connectivity index (χ1v) is 15.2. The molecule has 3 N–H and O–H groups in total. The van der Waals surface area contributed by atoms with E-state index in [1.54, 1.807) is 25.3 Å². The lowest BCUT2D eigenvalue weighted by atomic mass is 10.0. The minimum Gasteiger partial charge on any atom is -0.497 e. The molecular formula is C29H33N4O8P. The topological polar surface area (TPSA) is 156 Å². The van der Waals surface area contributed by atoms with Crippen LogP contribution in [0.3, 0.4) is 0 Å². The number of piperazine rings is 1. The van der Waals surface area contributed by atoms with Crippen LogP contribution < -0.4 is 15.4 Å². The number of nitrogens with zero attached hydrogens (tertiary/aromatic N) is 2. The molecule has 0 spiro atoms. The monoisotopic (exact) mass is 596 g/mol. The Morgan fingerprint density at radius 2 is 1.71 bits per heavy atom. The van der Waals surface area contributed by atoms with E-state index in [9.17, 15) is 23.8 Å². The highest BCUT2D eigenvalue weighted by molar-refractivity contribution is 7.52. The molecule has 0 bridgehead atoms. The fraction of sp³-hybridized carbons (Fsp3) is 0.310. The summed E-state index contributed by atoms with van der Waals surface area (Å²) in [6.45, 7) is 3.12. The largest absolute Gasteiger partial charge is 0.497 e. The molecule has 0 aliphatic carbocycles. The van der Waals surface area contributed by atoms with Crippen LogP contribution in [0.1, 0.15) is 17.4 Å². The predicted octanol–water partition coefficient (Wildman–Crippen LogP) is 3.31. The lowest BCUT2D eigenvalue weighted by Gasteiger charge is -2.27. The molecule has 0 radical (unpaired) electrons. The third-order valence-electron chi connectivity index (χ3n) is 6.45. The van der Waals surface area contributed by atoms with E-state index in [2.05, 4.69) is 15.6 Å². The molecule has 2 unspecified atom stereocenters. The summed E-state index contributed by atoms with van der Waals surface area (Å²) in [7, 11) is -2.77. The van der Waals surface area contributed by atoms with E-state index in [1.165, 1.54) is 11.8 Å². The molecule has 3 aromatic rings. The summed E-state index contributed by atoms with van der Waals surface area (Å²) < 4.78 is 27.8. The number of ether oxygens (including phenoxy) is 2. The summed E-state index contributed by atoms with van der Waals surface area (Å²) in [6.07, 6.45) is -1.71. The Labute approximate surface area is 243 Å². The van der Waals surface area contributed by atoms with Gasteiger partial charge in [-0.05, 0) is 42.3 Å². The van der Waals surface area contributed by atoms with Crippen molar-refractivity contribution < 1.29 is 37.8 Å². The molecule has 4 rings (SSSR count). The van der Waals surface area contributed by atoms with Gasteiger partial charge in [0.25, 0.3) is 5.91 Å². The third-order valence-corrected chi connectivity index (χ3v) is 7.94. The van der Waals surface area contributed by atoms with E-state index >= 15 is 0 Å². The van der Waals surface area contributed by atoms with E-state index in [4.69, 9.17) is 14.0 Å². The van der Waals surface area contributed by atoms with Crippen LogP contribution >= 0.6 is 7.60 Å². The molecule has 2 aromatic carbocycles. The number of carbonyl (C=O) groups is 3. The Bertz CT molecular complexity index is 1450. The average molecular weight is 597 g/mol. The first-order valence-electron chi connectivity index (χ1n) is 13.4. The minimum absolute atomic E-state index is 0.0578. The molecule has 222 valence electrons. The second-order valence-electron chi connectivity index (χ2n) is 9.41. The van der Waals surface area contributed by atoms with Crippen LogP contribution in [0.5, 0.6) is 5.75 Å². The number of aromatic nitrogens is 1. The van der Waals surface area contributed by atoms with Crippen LogP contribution in [-0.2, 0) is 18.6 Å². The number of methoxy groups -OCH3 is 1. The lowest BCUT2D eigenvalue weighted by Crippen LogP contribution is -2.50. The van der Waals surface area contributed by atoms with Gasteiger partial charge in [0, 0.05) is 31.7 Å². The maximum atomic E-state index is 13.5. The lowest BCUT2D eigenvalue weighted by molar-refractivity contribution is -0.140. The molecule has 1 fully saturated rings. The first kappa shape index (κ1) is 30.9. The third kappa shape index (κ3) is 8.23. The van der Waals surface area contributed by atoms with Crippen molar-refractivity contribution >= 4 is 25.6 Å². The fourth-order valence-electron chi connectivity index (χ4n) is 4.32. The van der Waals surface area contributed by atoms with Gasteiger partial charge >= 0.3 is 19.7 Å². The zero-order valence-electron chi connectivity index (χ0n) is 23.3. The van der Waals surface area contributed by atoms with E-state index in [0.717, 1.165) is 11.1 Å². The number of esters is 1. The van der Waals surface area contributed by atoms with Crippen LogP contribution in [0.15, 0.2) is 66.7 Å². The smallest absolute Gasteiger partial charge is 0.417 e. The number of carbonyl (C=O) groups excluding carboxylic acids is 3. The molecule has 1 saturated heterocycles. The molecule has 2 amide bonds. The number of hydrogen-bond donors (Lipinski definition) is 3. The van der Waals surface area contributed by atoms with E-state index in [1.807, 2.05) is 48.5 Å². The summed E-state index contributed by atoms with van der Waals surface area (Å²) in [6, 6.07) is 18.1. The van der Waals surface area contributed by atoms with Gasteiger partial charge < -0.3 is 34.4 Å². The molecule has 2 atom stereocenters. The summed E-state index contributed by atoms with van der Waals surface area (Å²) in [4.78, 5) is 55.3. The highest BCUT2D eigenvalue weighted by atomic mass is 31.2. The number of hydrogen-bond acceptors (Lipinski definition) is 9. The molecule has 1 aromatic heterocycles. The highest BCUT2D eigenvalue weighted by Gasteiger charge is 2.35. The highest BCUT2D eigenvalue weighted by Crippen LogP contribution is 2.42. The molecule has 1 aliphatic heterocycles. The van der Waals surface area contributed by atoms with Crippen molar-refractivity contribution in [1.29, 1.82) is 0 Å². The molecule has 13 heteroatoms. The van der Waals surface area contributed by atoms with Crippen molar-refractivity contribution in [2.45, 2.75) is 13.0 Å². The van der Waals surface area contributed by atoms with Crippen molar-refractivity contribution in [1.82, 2.24) is 20.5 Å². The van der Waals surface area contributed by atoms with Crippen molar-refractivity contribution in [2.75, 3.05) is 46.1 Å². The maximum absolute atomic E-state index is 13.5. The summed E-state index contributed by atoms with van der Waals surface area (Å²) >= 11 is 0. The van der Waals surface area contributed by atoms with Gasteiger partial charge in [-0.1, -0.05) is 42.5 Å². The second kappa shape index (κ2) is 14.2. The van der Waals surface area contributed by atoms with Gasteiger partial charge in [0.1, 0.15) is 17.5 Å². The number of amides is 2. The Morgan fingerprint density at radius 1 is 1.02 bits per heavy atom. The number of benzene rings is 2. The van der Waals surface area contributed by atoms with Gasteiger partial charge in [-0.15, -0.1) is 0 Å². The summed E-state index contributed by atoms with van der Waals surface area (Å²) in [5, 5.41) is 5.52. The van der Waals surface area contributed by atoms with Gasteiger partial charge in [-0.3, -0.25) is 9.36 Å². The van der Waals surface area contributed by atoms with Crippen molar-refractivity contribution in [3.8, 4) is 28.1 Å². The second-order valence-corrected chi connectivity index (χ2v) is 11.3. The molecular weight excluding hydrogens is 563 g/mol. The summed E-state index contributed by atoms with van der Waals surface area (Å²) in [5.74, 6) is -1.33. The van der Waals surface area contributed by atoms with Gasteiger partial charge in [-0.2, -0.15) is 0 Å². The van der Waals surface area contributed by atoms with Crippen LogP contribution in [0.25, 0.3) is 22.4 Å². The van der Waals surface area contributed by atoms with Gasteiger partial charge in [-0.25, -0.2) is 14.6 Å². The SMILES string of the molecule is CCOP(=O)(O)CC(NC(=O)c1cc(-c2ccc(OC)cc2)cc(-c2ccccc2)n1)C(=O)OC(=O)N1CCNCC1. The van der Waals surface area contributed by atoms with E-state index < -0.39 is 37.8 Å². The maximum Gasteiger partial charge on any atom is 0.417 e. The van der Waals surface area contributed by atoms with Crippen LogP contribution in [0.4, 0.5) is 4.79 Å². The van der Waals surface area contributed by atoms with Gasteiger partial charge in [0.15, 0.2) is 0 Å². The zero-order chi connectivity index (χ0) is 30.1.